The van der Waals surface area contributed by atoms with Crippen molar-refractivity contribution >= 4 is 12.1 Å². The number of amides is 1. The van der Waals surface area contributed by atoms with E-state index in [1.165, 1.54) is 5.56 Å². The minimum atomic E-state index is -0.501. The van der Waals surface area contributed by atoms with Gasteiger partial charge >= 0.3 is 6.09 Å². The molecule has 31 heavy (non-hydrogen) atoms. The second-order valence-electron chi connectivity index (χ2n) is 9.72. The van der Waals surface area contributed by atoms with Crippen LogP contribution in [0.1, 0.15) is 46.6 Å². The monoisotopic (exact) mass is 432 g/mol. The van der Waals surface area contributed by atoms with Crippen molar-refractivity contribution in [1.82, 2.24) is 15.5 Å². The van der Waals surface area contributed by atoms with Crippen molar-refractivity contribution in [1.29, 1.82) is 0 Å². The lowest BCUT2D eigenvalue weighted by molar-refractivity contribution is 0.0507. The summed E-state index contributed by atoms with van der Waals surface area (Å²) in [5, 5.41) is 6.46. The lowest BCUT2D eigenvalue weighted by atomic mass is 9.84. The van der Waals surface area contributed by atoms with Crippen molar-refractivity contribution in [3.63, 3.8) is 0 Å². The summed E-state index contributed by atoms with van der Waals surface area (Å²) in [6, 6.07) is 6.18. The molecule has 1 saturated heterocycles. The summed E-state index contributed by atoms with van der Waals surface area (Å²) in [6.45, 7) is 13.4. The molecule has 3 rings (SSSR count). The quantitative estimate of drug-likeness (QED) is 0.562. The molecular weight excluding hydrogens is 396 g/mol. The van der Waals surface area contributed by atoms with Crippen LogP contribution >= 0.6 is 0 Å². The van der Waals surface area contributed by atoms with Crippen molar-refractivity contribution in [2.75, 3.05) is 39.9 Å². The Balaban J connectivity index is 1.55. The molecule has 172 valence electrons. The van der Waals surface area contributed by atoms with Crippen LogP contribution in [0.3, 0.4) is 0 Å². The Morgan fingerprint density at radius 3 is 2.58 bits per heavy atom. The second-order valence-corrected chi connectivity index (χ2v) is 9.72. The van der Waals surface area contributed by atoms with Gasteiger partial charge in [-0.1, -0.05) is 19.9 Å². The number of hydrogen-bond donors (Lipinski definition) is 2. The Morgan fingerprint density at radius 1 is 1.19 bits per heavy atom. The minimum Gasteiger partial charge on any atom is -0.486 e. The van der Waals surface area contributed by atoms with Crippen LogP contribution in [-0.4, -0.2) is 68.5 Å². The van der Waals surface area contributed by atoms with E-state index in [1.807, 2.05) is 26.8 Å². The summed E-state index contributed by atoms with van der Waals surface area (Å²) in [7, 11) is 1.79. The van der Waals surface area contributed by atoms with Crippen molar-refractivity contribution in [2.24, 2.45) is 4.99 Å². The Hall–Kier alpha value is -2.64. The molecule has 0 aliphatic carbocycles. The molecule has 0 aromatic heterocycles. The first kappa shape index (κ1) is 23.0. The summed E-state index contributed by atoms with van der Waals surface area (Å²) >= 11 is 0. The van der Waals surface area contributed by atoms with E-state index in [9.17, 15) is 4.79 Å². The highest BCUT2D eigenvalue weighted by atomic mass is 16.6. The Morgan fingerprint density at radius 2 is 1.90 bits per heavy atom. The first-order valence-electron chi connectivity index (χ1n) is 10.9. The van der Waals surface area contributed by atoms with Gasteiger partial charge in [-0.25, -0.2) is 4.79 Å². The molecule has 2 heterocycles. The fourth-order valence-corrected chi connectivity index (χ4v) is 3.74. The summed E-state index contributed by atoms with van der Waals surface area (Å²) in [6.07, 6.45) is 0.480. The molecule has 2 aliphatic rings. The molecule has 0 radical (unpaired) electrons. The molecule has 1 atom stereocenters. The smallest absolute Gasteiger partial charge is 0.407 e. The molecule has 1 fully saturated rings. The Kier molecular flexibility index (Phi) is 6.86. The average molecular weight is 433 g/mol. The molecule has 1 unspecified atom stereocenters. The van der Waals surface area contributed by atoms with E-state index in [4.69, 9.17) is 14.2 Å². The summed E-state index contributed by atoms with van der Waals surface area (Å²) < 4.78 is 16.7. The molecule has 1 amide bonds. The number of nitrogens with one attached hydrogen (secondary N) is 2. The molecular formula is C23H36N4O4. The first-order chi connectivity index (χ1) is 14.6. The normalized spacial score (nSPS) is 19.2. The third kappa shape index (κ3) is 6.18. The largest absolute Gasteiger partial charge is 0.486 e. The zero-order chi connectivity index (χ0) is 22.6. The van der Waals surface area contributed by atoms with Gasteiger partial charge in [0.25, 0.3) is 0 Å². The lowest BCUT2D eigenvalue weighted by Crippen LogP contribution is -2.46. The topological polar surface area (TPSA) is 84.4 Å². The van der Waals surface area contributed by atoms with Crippen LogP contribution < -0.4 is 20.1 Å². The van der Waals surface area contributed by atoms with E-state index >= 15 is 0 Å². The van der Waals surface area contributed by atoms with Crippen LogP contribution in [0.2, 0.25) is 0 Å². The van der Waals surface area contributed by atoms with Crippen LogP contribution in [0, 0.1) is 0 Å². The maximum atomic E-state index is 12.1. The molecule has 8 nitrogen and oxygen atoms in total. The molecule has 0 spiro atoms. The number of alkyl carbamates (subject to hydrolysis) is 1. The molecule has 1 aromatic rings. The highest BCUT2D eigenvalue weighted by Gasteiger charge is 2.29. The van der Waals surface area contributed by atoms with Crippen LogP contribution in [-0.2, 0) is 10.2 Å². The fraction of sp³-hybridized carbons (Fsp3) is 0.652. The van der Waals surface area contributed by atoms with Gasteiger partial charge < -0.3 is 29.7 Å². The van der Waals surface area contributed by atoms with E-state index in [0.29, 0.717) is 26.3 Å². The van der Waals surface area contributed by atoms with Crippen molar-refractivity contribution in [2.45, 2.75) is 58.1 Å². The SMILES string of the molecule is CN=C(NCC(C)(C)c1ccc2c(c1)OCCO2)N1CCC(NC(=O)OC(C)(C)C)C1. The number of carbonyl (C=O) groups is 1. The number of guanidine groups is 1. The Labute approximate surface area is 185 Å². The summed E-state index contributed by atoms with van der Waals surface area (Å²) in [5.41, 5.74) is 0.532. The van der Waals surface area contributed by atoms with Gasteiger partial charge in [0.1, 0.15) is 18.8 Å². The third-order valence-corrected chi connectivity index (χ3v) is 5.43. The van der Waals surface area contributed by atoms with E-state index < -0.39 is 5.60 Å². The summed E-state index contributed by atoms with van der Waals surface area (Å²) in [5.74, 6) is 2.44. The number of carbonyl (C=O) groups excluding carboxylic acids is 1. The molecule has 0 saturated carbocycles. The van der Waals surface area contributed by atoms with Gasteiger partial charge in [0.15, 0.2) is 17.5 Å². The molecule has 0 bridgehead atoms. The van der Waals surface area contributed by atoms with Crippen molar-refractivity contribution < 1.29 is 19.0 Å². The van der Waals surface area contributed by atoms with E-state index in [1.54, 1.807) is 7.05 Å². The standard InChI is InChI=1S/C23H36N4O4/c1-22(2,3)31-21(28)26-17-9-10-27(14-17)20(24-6)25-15-23(4,5)16-7-8-18-19(13-16)30-12-11-29-18/h7-8,13,17H,9-12,14-15H2,1-6H3,(H,24,25)(H,26,28). The van der Waals surface area contributed by atoms with Gasteiger partial charge in [-0.15, -0.1) is 0 Å². The number of hydrogen-bond acceptors (Lipinski definition) is 5. The van der Waals surface area contributed by atoms with Crippen LogP contribution in [0.4, 0.5) is 4.79 Å². The highest BCUT2D eigenvalue weighted by Crippen LogP contribution is 2.35. The number of ether oxygens (including phenoxy) is 3. The number of rotatable bonds is 4. The van der Waals surface area contributed by atoms with Gasteiger partial charge in [0.2, 0.25) is 0 Å². The Bertz CT molecular complexity index is 816. The van der Waals surface area contributed by atoms with E-state index in [-0.39, 0.29) is 17.6 Å². The second kappa shape index (κ2) is 9.24. The number of fused-ring (bicyclic) bond motifs is 1. The zero-order valence-electron chi connectivity index (χ0n) is 19.6. The average Bonchev–Trinajstić information content (AvgIpc) is 3.14. The predicted molar refractivity (Wildman–Crippen MR) is 121 cm³/mol. The van der Waals surface area contributed by atoms with Gasteiger partial charge in [-0.3, -0.25) is 4.99 Å². The first-order valence-corrected chi connectivity index (χ1v) is 10.9. The van der Waals surface area contributed by atoms with E-state index in [0.717, 1.165) is 30.4 Å². The number of likely N-dealkylation sites (tertiary alicyclic amines) is 1. The van der Waals surface area contributed by atoms with Crippen LogP contribution in [0.5, 0.6) is 11.5 Å². The maximum absolute atomic E-state index is 12.1. The molecule has 2 aliphatic heterocycles. The number of benzene rings is 1. The number of nitrogens with zero attached hydrogens (tertiary/aromatic N) is 2. The zero-order valence-corrected chi connectivity index (χ0v) is 19.6. The van der Waals surface area contributed by atoms with E-state index in [2.05, 4.69) is 46.5 Å². The van der Waals surface area contributed by atoms with Gasteiger partial charge in [0.05, 0.1) is 6.04 Å². The maximum Gasteiger partial charge on any atom is 0.407 e. The fourth-order valence-electron chi connectivity index (χ4n) is 3.74. The minimum absolute atomic E-state index is 0.0409. The van der Waals surface area contributed by atoms with Crippen LogP contribution in [0.15, 0.2) is 23.2 Å². The van der Waals surface area contributed by atoms with Gasteiger partial charge in [-0.05, 0) is 44.9 Å². The molecule has 1 aromatic carbocycles. The molecule has 8 heteroatoms. The van der Waals surface area contributed by atoms with Crippen LogP contribution in [0.25, 0.3) is 0 Å². The lowest BCUT2D eigenvalue weighted by Gasteiger charge is -2.30. The van der Waals surface area contributed by atoms with Crippen molar-refractivity contribution in [3.05, 3.63) is 23.8 Å². The molecule has 2 N–H and O–H groups in total. The highest BCUT2D eigenvalue weighted by molar-refractivity contribution is 5.80. The third-order valence-electron chi connectivity index (χ3n) is 5.43. The summed E-state index contributed by atoms with van der Waals surface area (Å²) in [4.78, 5) is 18.7. The van der Waals surface area contributed by atoms with Gasteiger partial charge in [0, 0.05) is 32.1 Å². The predicted octanol–water partition coefficient (Wildman–Crippen LogP) is 2.91. The van der Waals surface area contributed by atoms with Gasteiger partial charge in [-0.2, -0.15) is 0 Å². The van der Waals surface area contributed by atoms with Crippen molar-refractivity contribution in [3.8, 4) is 11.5 Å². The number of aliphatic imine (C=N–C) groups is 1.